The van der Waals surface area contributed by atoms with E-state index < -0.39 is 6.10 Å². The minimum absolute atomic E-state index is 0.147. The van der Waals surface area contributed by atoms with Gasteiger partial charge in [0.05, 0.1) is 12.8 Å². The first-order valence-corrected chi connectivity index (χ1v) is 10.2. The van der Waals surface area contributed by atoms with E-state index in [4.69, 9.17) is 14.2 Å². The van der Waals surface area contributed by atoms with E-state index in [9.17, 15) is 4.79 Å². The third-order valence-corrected chi connectivity index (χ3v) is 5.12. The predicted molar refractivity (Wildman–Crippen MR) is 116 cm³/mol. The topological polar surface area (TPSA) is 72.4 Å². The lowest BCUT2D eigenvalue weighted by Crippen LogP contribution is -2.42. The van der Waals surface area contributed by atoms with Gasteiger partial charge in [0.25, 0.3) is 5.91 Å². The molecule has 2 aromatic carbocycles. The molecule has 1 N–H and O–H groups in total. The monoisotopic (exact) mass is 411 g/mol. The number of ether oxygens (including phenoxy) is 3. The lowest BCUT2D eigenvalue weighted by molar-refractivity contribution is -0.130. The molecule has 0 fully saturated rings. The zero-order chi connectivity index (χ0) is 21.5. The van der Waals surface area contributed by atoms with Crippen LogP contribution in [-0.4, -0.2) is 49.4 Å². The van der Waals surface area contributed by atoms with Crippen molar-refractivity contribution in [3.8, 4) is 17.2 Å². The molecule has 0 aliphatic carbocycles. The fourth-order valence-corrected chi connectivity index (χ4v) is 3.24. The molecular formula is C23H29N3O4. The number of amides is 1. The van der Waals surface area contributed by atoms with Crippen LogP contribution < -0.4 is 19.6 Å². The first-order valence-electron chi connectivity index (χ1n) is 10.2. The number of methoxy groups -OCH3 is 1. The molecule has 2 aromatic rings. The molecule has 1 aliphatic rings. The second-order valence-electron chi connectivity index (χ2n) is 7.03. The summed E-state index contributed by atoms with van der Waals surface area (Å²) in [5, 5.41) is 4.27. The second-order valence-corrected chi connectivity index (χ2v) is 7.03. The van der Waals surface area contributed by atoms with E-state index >= 15 is 0 Å². The molecule has 0 saturated carbocycles. The highest BCUT2D eigenvalue weighted by Crippen LogP contribution is 2.30. The van der Waals surface area contributed by atoms with Crippen LogP contribution in [0.3, 0.4) is 0 Å². The Morgan fingerprint density at radius 1 is 1.20 bits per heavy atom. The number of fused-ring (bicyclic) bond motifs is 1. The largest absolute Gasteiger partial charge is 0.496 e. The summed E-state index contributed by atoms with van der Waals surface area (Å²) in [6.07, 6.45) is -0.745. The van der Waals surface area contributed by atoms with E-state index in [0.29, 0.717) is 17.2 Å². The molecule has 0 bridgehead atoms. The average Bonchev–Trinajstić information content (AvgIpc) is 2.80. The van der Waals surface area contributed by atoms with Crippen LogP contribution in [0, 0.1) is 0 Å². The van der Waals surface area contributed by atoms with Crippen molar-refractivity contribution in [3.05, 3.63) is 53.6 Å². The number of benzene rings is 2. The molecule has 1 amide bonds. The smallest absolute Gasteiger partial charge is 0.284 e. The van der Waals surface area contributed by atoms with E-state index in [1.54, 1.807) is 13.2 Å². The van der Waals surface area contributed by atoms with Crippen LogP contribution in [0.5, 0.6) is 17.2 Å². The van der Waals surface area contributed by atoms with Gasteiger partial charge in [0.1, 0.15) is 12.4 Å². The van der Waals surface area contributed by atoms with E-state index in [2.05, 4.69) is 35.3 Å². The van der Waals surface area contributed by atoms with Crippen molar-refractivity contribution in [3.63, 3.8) is 0 Å². The lowest BCUT2D eigenvalue weighted by atomic mass is 10.1. The molecule has 0 unspecified atom stereocenters. The van der Waals surface area contributed by atoms with Crippen molar-refractivity contribution >= 4 is 11.6 Å². The summed E-state index contributed by atoms with van der Waals surface area (Å²) in [5.41, 5.74) is 5.30. The van der Waals surface area contributed by atoms with Gasteiger partial charge in [0.2, 0.25) is 6.10 Å². The van der Waals surface area contributed by atoms with Crippen molar-refractivity contribution in [2.24, 2.45) is 5.10 Å². The number of hydrogen-bond acceptors (Lipinski definition) is 6. The Bertz CT molecular complexity index is 909. The van der Waals surface area contributed by atoms with E-state index in [0.717, 1.165) is 36.5 Å². The molecule has 0 saturated heterocycles. The number of carbonyl (C=O) groups is 1. The van der Waals surface area contributed by atoms with Crippen LogP contribution in [0.4, 0.5) is 0 Å². The van der Waals surface area contributed by atoms with Crippen LogP contribution in [0.25, 0.3) is 0 Å². The maximum absolute atomic E-state index is 12.5. The van der Waals surface area contributed by atoms with Gasteiger partial charge < -0.3 is 14.2 Å². The number of nitrogens with zero attached hydrogens (tertiary/aromatic N) is 2. The van der Waals surface area contributed by atoms with Gasteiger partial charge in [-0.25, -0.2) is 5.43 Å². The first-order chi connectivity index (χ1) is 14.5. The zero-order valence-electron chi connectivity index (χ0n) is 18.0. The molecule has 1 aliphatic heterocycles. The minimum Gasteiger partial charge on any atom is -0.496 e. The summed E-state index contributed by atoms with van der Waals surface area (Å²) in [6, 6.07) is 13.2. The van der Waals surface area contributed by atoms with Crippen molar-refractivity contribution in [1.82, 2.24) is 10.3 Å². The number of carbonyl (C=O) groups excluding carboxylic acids is 1. The van der Waals surface area contributed by atoms with Gasteiger partial charge in [0, 0.05) is 12.1 Å². The molecule has 160 valence electrons. The molecule has 1 heterocycles. The van der Waals surface area contributed by atoms with Gasteiger partial charge in [-0.05, 0) is 55.9 Å². The molecular weight excluding hydrogens is 382 g/mol. The minimum atomic E-state index is -0.745. The van der Waals surface area contributed by atoms with Crippen LogP contribution in [-0.2, 0) is 11.3 Å². The first kappa shape index (κ1) is 21.6. The van der Waals surface area contributed by atoms with Crippen LogP contribution >= 0.6 is 0 Å². The summed E-state index contributed by atoms with van der Waals surface area (Å²) < 4.78 is 16.8. The van der Waals surface area contributed by atoms with Gasteiger partial charge in [-0.3, -0.25) is 9.69 Å². The molecule has 30 heavy (non-hydrogen) atoms. The third-order valence-electron chi connectivity index (χ3n) is 5.12. The molecule has 0 spiro atoms. The molecule has 3 rings (SSSR count). The van der Waals surface area contributed by atoms with E-state index in [-0.39, 0.29) is 12.5 Å². The molecule has 0 aromatic heterocycles. The third kappa shape index (κ3) is 5.10. The Hall–Kier alpha value is -3.06. The zero-order valence-corrected chi connectivity index (χ0v) is 18.0. The Morgan fingerprint density at radius 3 is 2.63 bits per heavy atom. The maximum Gasteiger partial charge on any atom is 0.284 e. The Kier molecular flexibility index (Phi) is 7.30. The van der Waals surface area contributed by atoms with Crippen molar-refractivity contribution in [2.45, 2.75) is 33.4 Å². The number of hydrogen-bond donors (Lipinski definition) is 1. The predicted octanol–water partition coefficient (Wildman–Crippen LogP) is 3.22. The standard InChI is InChI=1S/C23H29N3O4/c1-5-26(6-2)14-18-13-17(11-12-19(18)28-4)16(3)24-25-23(27)22-15-29-20-9-7-8-10-21(20)30-22/h7-13,22H,5-6,14-15H2,1-4H3,(H,25,27)/b24-16-/t22-/m0/s1. The average molecular weight is 412 g/mol. The van der Waals surface area contributed by atoms with Gasteiger partial charge in [-0.2, -0.15) is 5.10 Å². The lowest BCUT2D eigenvalue weighted by Gasteiger charge is -2.24. The van der Waals surface area contributed by atoms with Crippen LogP contribution in [0.2, 0.25) is 0 Å². The van der Waals surface area contributed by atoms with E-state index in [1.165, 1.54) is 0 Å². The van der Waals surface area contributed by atoms with Gasteiger partial charge in [0.15, 0.2) is 11.5 Å². The summed E-state index contributed by atoms with van der Waals surface area (Å²) in [5.74, 6) is 1.69. The Labute approximate surface area is 177 Å². The van der Waals surface area contributed by atoms with Gasteiger partial charge >= 0.3 is 0 Å². The highest BCUT2D eigenvalue weighted by molar-refractivity contribution is 5.99. The quantitative estimate of drug-likeness (QED) is 0.533. The summed E-state index contributed by atoms with van der Waals surface area (Å²) in [7, 11) is 1.67. The summed E-state index contributed by atoms with van der Waals surface area (Å²) in [6.45, 7) is 8.98. The maximum atomic E-state index is 12.5. The summed E-state index contributed by atoms with van der Waals surface area (Å²) in [4.78, 5) is 14.8. The van der Waals surface area contributed by atoms with Gasteiger partial charge in [-0.1, -0.05) is 26.0 Å². The van der Waals surface area contributed by atoms with Crippen LogP contribution in [0.15, 0.2) is 47.6 Å². The van der Waals surface area contributed by atoms with E-state index in [1.807, 2.05) is 37.3 Å². The number of nitrogens with one attached hydrogen (secondary N) is 1. The molecule has 7 heteroatoms. The number of para-hydroxylation sites is 2. The van der Waals surface area contributed by atoms with Crippen LogP contribution in [0.1, 0.15) is 31.9 Å². The number of rotatable bonds is 8. The van der Waals surface area contributed by atoms with Crippen molar-refractivity contribution in [1.29, 1.82) is 0 Å². The highest BCUT2D eigenvalue weighted by atomic mass is 16.6. The Balaban J connectivity index is 1.68. The molecule has 1 atom stereocenters. The normalized spacial score (nSPS) is 15.8. The SMILES string of the molecule is CCN(CC)Cc1cc(/C(C)=N\NC(=O)[C@@H]2COc3ccccc3O2)ccc1OC. The number of hydrazone groups is 1. The highest BCUT2D eigenvalue weighted by Gasteiger charge is 2.27. The molecule has 7 nitrogen and oxygen atoms in total. The van der Waals surface area contributed by atoms with Gasteiger partial charge in [-0.15, -0.1) is 0 Å². The fraction of sp³-hybridized carbons (Fsp3) is 0.391. The van der Waals surface area contributed by atoms with Crippen molar-refractivity contribution < 1.29 is 19.0 Å². The Morgan fingerprint density at radius 2 is 1.93 bits per heavy atom. The summed E-state index contributed by atoms with van der Waals surface area (Å²) >= 11 is 0. The second kappa shape index (κ2) is 10.1. The fourth-order valence-electron chi connectivity index (χ4n) is 3.24. The molecule has 0 radical (unpaired) electrons. The van der Waals surface area contributed by atoms with Crippen molar-refractivity contribution in [2.75, 3.05) is 26.8 Å².